The quantitative estimate of drug-likeness (QED) is 0.791. The molecule has 1 N–H and O–H groups in total. The van der Waals surface area contributed by atoms with Crippen molar-refractivity contribution in [3.8, 4) is 5.75 Å². The van der Waals surface area contributed by atoms with Crippen molar-refractivity contribution < 1.29 is 13.7 Å². The van der Waals surface area contributed by atoms with Crippen molar-refractivity contribution in [2.24, 2.45) is 0 Å². The molecule has 2 aromatic heterocycles. The maximum absolute atomic E-state index is 12.5. The first-order valence-electron chi connectivity index (χ1n) is 7.22. The van der Waals surface area contributed by atoms with Crippen LogP contribution >= 0.6 is 0 Å². The fraction of sp³-hybridized carbons (Fsp3) is 0.294. The van der Waals surface area contributed by atoms with Crippen molar-refractivity contribution in [2.45, 2.75) is 26.2 Å². The zero-order valence-corrected chi connectivity index (χ0v) is 13.5. The molecule has 3 aromatic rings. The topological polar surface area (TPSA) is 77.5 Å². The Morgan fingerprint density at radius 2 is 2.00 bits per heavy atom. The lowest BCUT2D eigenvalue weighted by Crippen LogP contribution is -2.09. The highest BCUT2D eigenvalue weighted by Gasteiger charge is 2.20. The summed E-state index contributed by atoms with van der Waals surface area (Å²) in [5.41, 5.74) is 0.443. The number of rotatable bonds is 3. The summed E-state index contributed by atoms with van der Waals surface area (Å²) < 4.78 is 15.9. The highest BCUT2D eigenvalue weighted by molar-refractivity contribution is 5.81. The van der Waals surface area contributed by atoms with Gasteiger partial charge in [-0.1, -0.05) is 25.9 Å². The lowest BCUT2D eigenvalue weighted by molar-refractivity contribution is 0.331. The van der Waals surface area contributed by atoms with Crippen LogP contribution in [0, 0.1) is 0 Å². The van der Waals surface area contributed by atoms with Crippen molar-refractivity contribution in [2.75, 3.05) is 12.4 Å². The third-order valence-corrected chi connectivity index (χ3v) is 3.49. The number of fused-ring (bicyclic) bond motifs is 1. The van der Waals surface area contributed by atoms with Crippen LogP contribution in [0.2, 0.25) is 0 Å². The highest BCUT2D eigenvalue weighted by Crippen LogP contribution is 2.26. The molecular weight excluding hydrogens is 296 g/mol. The zero-order chi connectivity index (χ0) is 16.6. The van der Waals surface area contributed by atoms with Crippen LogP contribution in [-0.2, 0) is 5.41 Å². The number of nitrogens with zero attached hydrogens (tertiary/aromatic N) is 1. The van der Waals surface area contributed by atoms with Gasteiger partial charge in [-0.15, -0.1) is 0 Å². The summed E-state index contributed by atoms with van der Waals surface area (Å²) in [6, 6.07) is 6.84. The molecule has 0 spiro atoms. The van der Waals surface area contributed by atoms with E-state index in [0.29, 0.717) is 28.2 Å². The van der Waals surface area contributed by atoms with E-state index in [-0.39, 0.29) is 10.8 Å². The molecule has 0 saturated carbocycles. The third kappa shape index (κ3) is 2.92. The van der Waals surface area contributed by atoms with E-state index in [9.17, 15) is 4.79 Å². The van der Waals surface area contributed by atoms with Gasteiger partial charge in [0.15, 0.2) is 5.82 Å². The molecule has 0 atom stereocenters. The van der Waals surface area contributed by atoms with Crippen molar-refractivity contribution in [3.05, 3.63) is 46.5 Å². The van der Waals surface area contributed by atoms with Gasteiger partial charge in [-0.2, -0.15) is 0 Å². The van der Waals surface area contributed by atoms with E-state index < -0.39 is 0 Å². The van der Waals surface area contributed by atoms with E-state index in [1.54, 1.807) is 31.4 Å². The Morgan fingerprint density at radius 3 is 2.65 bits per heavy atom. The molecule has 0 aliphatic carbocycles. The second-order valence-electron chi connectivity index (χ2n) is 6.29. The molecule has 6 heteroatoms. The van der Waals surface area contributed by atoms with Gasteiger partial charge in [0.25, 0.3) is 0 Å². The number of nitrogens with one attached hydrogen (secondary N) is 1. The maximum Gasteiger partial charge on any atom is 0.216 e. The van der Waals surface area contributed by atoms with Gasteiger partial charge in [0.05, 0.1) is 12.5 Å². The Balaban J connectivity index is 1.96. The third-order valence-electron chi connectivity index (χ3n) is 3.49. The van der Waals surface area contributed by atoms with Crippen LogP contribution in [0.5, 0.6) is 5.75 Å². The summed E-state index contributed by atoms with van der Waals surface area (Å²) in [4.78, 5) is 12.5. The van der Waals surface area contributed by atoms with Gasteiger partial charge in [-0.3, -0.25) is 4.79 Å². The second-order valence-corrected chi connectivity index (χ2v) is 6.29. The fourth-order valence-corrected chi connectivity index (χ4v) is 2.15. The van der Waals surface area contributed by atoms with Gasteiger partial charge >= 0.3 is 0 Å². The Bertz CT molecular complexity index is 903. The van der Waals surface area contributed by atoms with E-state index >= 15 is 0 Å². The molecule has 23 heavy (non-hydrogen) atoms. The maximum atomic E-state index is 12.5. The highest BCUT2D eigenvalue weighted by atomic mass is 16.5. The summed E-state index contributed by atoms with van der Waals surface area (Å²) in [6.07, 6.45) is 1.37. The number of anilines is 2. The Labute approximate surface area is 133 Å². The molecule has 0 aliphatic rings. The number of ether oxygens (including phenoxy) is 1. The van der Waals surface area contributed by atoms with Gasteiger partial charge in [0, 0.05) is 17.5 Å². The molecule has 6 nitrogen and oxygen atoms in total. The normalized spacial score (nSPS) is 11.7. The van der Waals surface area contributed by atoms with Crippen molar-refractivity contribution in [1.29, 1.82) is 0 Å². The first kappa shape index (κ1) is 15.1. The van der Waals surface area contributed by atoms with Crippen LogP contribution in [0.4, 0.5) is 11.5 Å². The van der Waals surface area contributed by atoms with E-state index in [0.717, 1.165) is 5.76 Å². The molecule has 0 aliphatic heterocycles. The van der Waals surface area contributed by atoms with Gasteiger partial charge in [-0.25, -0.2) is 0 Å². The fourth-order valence-electron chi connectivity index (χ4n) is 2.15. The molecule has 0 bridgehead atoms. The van der Waals surface area contributed by atoms with Gasteiger partial charge < -0.3 is 19.0 Å². The lowest BCUT2D eigenvalue weighted by atomic mass is 9.93. The summed E-state index contributed by atoms with van der Waals surface area (Å²) in [5.74, 6) is 1.83. The SMILES string of the molecule is COc1ccc2c(=O)c(Nc3cc(C(C)(C)C)on3)coc2c1. The first-order chi connectivity index (χ1) is 10.9. The van der Waals surface area contributed by atoms with E-state index in [1.165, 1.54) is 6.26 Å². The Hall–Kier alpha value is -2.76. The predicted octanol–water partition coefficient (Wildman–Crippen LogP) is 3.83. The largest absolute Gasteiger partial charge is 0.497 e. The van der Waals surface area contributed by atoms with Crippen LogP contribution in [0.1, 0.15) is 26.5 Å². The monoisotopic (exact) mass is 314 g/mol. The molecule has 3 rings (SSSR count). The molecule has 0 saturated heterocycles. The van der Waals surface area contributed by atoms with Gasteiger partial charge in [-0.05, 0) is 12.1 Å². The molecular formula is C17H18N2O4. The van der Waals surface area contributed by atoms with Crippen LogP contribution < -0.4 is 15.5 Å². The first-order valence-corrected chi connectivity index (χ1v) is 7.22. The number of hydrogen-bond acceptors (Lipinski definition) is 6. The van der Waals surface area contributed by atoms with Crippen LogP contribution in [-0.4, -0.2) is 12.3 Å². The molecule has 1 aromatic carbocycles. The average molecular weight is 314 g/mol. The lowest BCUT2D eigenvalue weighted by Gasteiger charge is -2.12. The summed E-state index contributed by atoms with van der Waals surface area (Å²) >= 11 is 0. The molecule has 0 radical (unpaired) electrons. The minimum Gasteiger partial charge on any atom is -0.497 e. The van der Waals surface area contributed by atoms with Crippen molar-refractivity contribution in [1.82, 2.24) is 5.16 Å². The summed E-state index contributed by atoms with van der Waals surface area (Å²) in [5, 5.41) is 7.35. The number of hydrogen-bond donors (Lipinski definition) is 1. The van der Waals surface area contributed by atoms with Gasteiger partial charge in [0.2, 0.25) is 5.43 Å². The predicted molar refractivity (Wildman–Crippen MR) is 87.5 cm³/mol. The van der Waals surface area contributed by atoms with Crippen LogP contribution in [0.15, 0.2) is 44.3 Å². The van der Waals surface area contributed by atoms with Gasteiger partial charge in [0.1, 0.15) is 29.0 Å². The van der Waals surface area contributed by atoms with Crippen molar-refractivity contribution >= 4 is 22.5 Å². The number of aromatic nitrogens is 1. The average Bonchev–Trinajstić information content (AvgIpc) is 2.98. The Morgan fingerprint density at radius 1 is 1.22 bits per heavy atom. The smallest absolute Gasteiger partial charge is 0.216 e. The second kappa shape index (κ2) is 5.46. The molecule has 2 heterocycles. The summed E-state index contributed by atoms with van der Waals surface area (Å²) in [7, 11) is 1.56. The standard InChI is InChI=1S/C17H18N2O4/c1-17(2,3)14-8-15(19-23-14)18-12-9-22-13-7-10(21-4)5-6-11(13)16(12)20/h5-9H,1-4H3,(H,18,19). The Kier molecular flexibility index (Phi) is 3.60. The van der Waals surface area contributed by atoms with E-state index in [1.807, 2.05) is 20.8 Å². The molecule has 0 unspecified atom stereocenters. The van der Waals surface area contributed by atoms with Crippen LogP contribution in [0.25, 0.3) is 11.0 Å². The molecule has 120 valence electrons. The minimum atomic E-state index is -0.172. The number of benzene rings is 1. The number of methoxy groups -OCH3 is 1. The molecule has 0 fully saturated rings. The summed E-state index contributed by atoms with van der Waals surface area (Å²) in [6.45, 7) is 6.07. The van der Waals surface area contributed by atoms with Crippen molar-refractivity contribution in [3.63, 3.8) is 0 Å². The van der Waals surface area contributed by atoms with E-state index in [2.05, 4.69) is 10.5 Å². The minimum absolute atomic E-state index is 0.155. The van der Waals surface area contributed by atoms with E-state index in [4.69, 9.17) is 13.7 Å². The van der Waals surface area contributed by atoms with Crippen LogP contribution in [0.3, 0.4) is 0 Å². The zero-order valence-electron chi connectivity index (χ0n) is 13.5. The molecule has 0 amide bonds.